The number of halogens is 1. The lowest BCUT2D eigenvalue weighted by Crippen LogP contribution is -2.50. The van der Waals surface area contributed by atoms with Crippen LogP contribution in [0.5, 0.6) is 0 Å². The number of anilines is 1. The van der Waals surface area contributed by atoms with E-state index in [1.54, 1.807) is 11.0 Å². The molecule has 1 aromatic carbocycles. The maximum absolute atomic E-state index is 13.4. The highest BCUT2D eigenvalue weighted by atomic mass is 19.1. The number of ether oxygens (including phenoxy) is 1. The number of rotatable bonds is 3. The molecule has 1 fully saturated rings. The van der Waals surface area contributed by atoms with Crippen molar-refractivity contribution in [2.45, 2.75) is 26.1 Å². The highest BCUT2D eigenvalue weighted by Crippen LogP contribution is 2.19. The average molecular weight is 316 g/mol. The molecule has 0 aromatic heterocycles. The number of benzene rings is 1. The third-order valence-corrected chi connectivity index (χ3v) is 3.57. The van der Waals surface area contributed by atoms with Crippen molar-refractivity contribution < 1.29 is 13.9 Å². The van der Waals surface area contributed by atoms with E-state index >= 15 is 0 Å². The van der Waals surface area contributed by atoms with Gasteiger partial charge in [0.1, 0.15) is 18.4 Å². The molecule has 2 atom stereocenters. The summed E-state index contributed by atoms with van der Waals surface area (Å²) in [5.41, 5.74) is 0.150. The second-order valence-corrected chi connectivity index (χ2v) is 5.52. The average Bonchev–Trinajstić information content (AvgIpc) is 2.52. The Kier molecular flexibility index (Phi) is 5.15. The Morgan fingerprint density at radius 1 is 1.39 bits per heavy atom. The van der Waals surface area contributed by atoms with Gasteiger partial charge >= 0.3 is 0 Å². The van der Waals surface area contributed by atoms with Crippen LogP contribution in [-0.2, 0) is 9.53 Å². The highest BCUT2D eigenvalue weighted by molar-refractivity contribution is 5.82. The van der Waals surface area contributed by atoms with Crippen molar-refractivity contribution in [1.29, 1.82) is 10.5 Å². The van der Waals surface area contributed by atoms with Gasteiger partial charge in [-0.25, -0.2) is 4.39 Å². The third kappa shape index (κ3) is 3.97. The third-order valence-electron chi connectivity index (χ3n) is 3.57. The summed E-state index contributed by atoms with van der Waals surface area (Å²) in [5.74, 6) is -0.868. The van der Waals surface area contributed by atoms with Gasteiger partial charge in [0.2, 0.25) is 5.91 Å². The largest absolute Gasteiger partial charge is 0.372 e. The number of morpholine rings is 1. The summed E-state index contributed by atoms with van der Waals surface area (Å²) in [6.07, 6.45) is 1.78. The van der Waals surface area contributed by atoms with E-state index in [1.807, 2.05) is 20.0 Å². The van der Waals surface area contributed by atoms with E-state index in [-0.39, 0.29) is 30.2 Å². The van der Waals surface area contributed by atoms with E-state index in [0.29, 0.717) is 18.8 Å². The van der Waals surface area contributed by atoms with Crippen molar-refractivity contribution >= 4 is 11.6 Å². The molecule has 2 unspecified atom stereocenters. The summed E-state index contributed by atoms with van der Waals surface area (Å²) in [5, 5.41) is 18.1. The maximum Gasteiger partial charge on any atom is 0.243 e. The van der Waals surface area contributed by atoms with Crippen LogP contribution < -0.4 is 4.90 Å². The number of carbonyl (C=O) groups excluding carboxylic acids is 1. The van der Waals surface area contributed by atoms with Crippen LogP contribution >= 0.6 is 0 Å². The van der Waals surface area contributed by atoms with Gasteiger partial charge in [-0.15, -0.1) is 0 Å². The van der Waals surface area contributed by atoms with Crippen molar-refractivity contribution in [3.63, 3.8) is 0 Å². The number of amides is 1. The molecule has 0 spiro atoms. The van der Waals surface area contributed by atoms with Crippen molar-refractivity contribution in [2.24, 2.45) is 0 Å². The van der Waals surface area contributed by atoms with Gasteiger partial charge in [-0.1, -0.05) is 0 Å². The highest BCUT2D eigenvalue weighted by Gasteiger charge is 2.27. The molecule has 1 saturated heterocycles. The molecular formula is C16H17FN4O2. The van der Waals surface area contributed by atoms with Crippen molar-refractivity contribution in [3.8, 4) is 12.3 Å². The van der Waals surface area contributed by atoms with Gasteiger partial charge in [0, 0.05) is 13.1 Å². The van der Waals surface area contributed by atoms with Crippen molar-refractivity contribution in [2.75, 3.05) is 24.5 Å². The lowest BCUT2D eigenvalue weighted by Gasteiger charge is -2.35. The van der Waals surface area contributed by atoms with Gasteiger partial charge in [-0.3, -0.25) is 9.69 Å². The summed E-state index contributed by atoms with van der Waals surface area (Å²) in [6.45, 7) is 4.55. The first-order valence-electron chi connectivity index (χ1n) is 7.24. The number of carbonyl (C=O) groups is 1. The Hall–Kier alpha value is -2.64. The molecule has 0 N–H and O–H groups in total. The summed E-state index contributed by atoms with van der Waals surface area (Å²) in [7, 11) is 0. The molecule has 1 amide bonds. The van der Waals surface area contributed by atoms with Crippen LogP contribution in [0.3, 0.4) is 0 Å². The van der Waals surface area contributed by atoms with Crippen LogP contribution in [0.1, 0.15) is 19.4 Å². The first kappa shape index (κ1) is 16.7. The van der Waals surface area contributed by atoms with E-state index in [1.165, 1.54) is 12.1 Å². The van der Waals surface area contributed by atoms with E-state index in [9.17, 15) is 14.4 Å². The number of nitriles is 2. The molecular weight excluding hydrogens is 299 g/mol. The molecule has 1 aliphatic rings. The van der Waals surface area contributed by atoms with Crippen molar-refractivity contribution in [3.05, 3.63) is 29.6 Å². The SMILES string of the molecule is CC1CN(C(=O)CN(C#N)c2ccc(F)c(C#N)c2)CC(C)O1. The Bertz CT molecular complexity index is 670. The fourth-order valence-corrected chi connectivity index (χ4v) is 2.57. The molecule has 1 aliphatic heterocycles. The van der Waals surface area contributed by atoms with Gasteiger partial charge in [0.15, 0.2) is 6.19 Å². The van der Waals surface area contributed by atoms with E-state index in [4.69, 9.17) is 10.00 Å². The quantitative estimate of drug-likeness (QED) is 0.625. The zero-order chi connectivity index (χ0) is 17.0. The van der Waals surface area contributed by atoms with Crippen LogP contribution in [0.25, 0.3) is 0 Å². The van der Waals surface area contributed by atoms with E-state index in [0.717, 1.165) is 11.0 Å². The molecule has 7 heteroatoms. The topological polar surface area (TPSA) is 80.4 Å². The molecule has 120 valence electrons. The van der Waals surface area contributed by atoms with E-state index < -0.39 is 5.82 Å². The minimum Gasteiger partial charge on any atom is -0.372 e. The predicted octanol–water partition coefficient (Wildman–Crippen LogP) is 1.62. The molecule has 0 bridgehead atoms. The van der Waals surface area contributed by atoms with Gasteiger partial charge in [-0.2, -0.15) is 10.5 Å². The monoisotopic (exact) mass is 316 g/mol. The maximum atomic E-state index is 13.4. The first-order valence-corrected chi connectivity index (χ1v) is 7.24. The number of nitrogens with zero attached hydrogens (tertiary/aromatic N) is 4. The smallest absolute Gasteiger partial charge is 0.243 e. The van der Waals surface area contributed by atoms with Crippen LogP contribution in [0.4, 0.5) is 10.1 Å². The van der Waals surface area contributed by atoms with Gasteiger partial charge in [0.05, 0.1) is 23.5 Å². The second-order valence-electron chi connectivity index (χ2n) is 5.52. The fraction of sp³-hybridized carbons (Fsp3) is 0.438. The normalized spacial score (nSPS) is 20.5. The van der Waals surface area contributed by atoms with Gasteiger partial charge in [-0.05, 0) is 32.0 Å². The minimum absolute atomic E-state index is 0.0609. The minimum atomic E-state index is -0.656. The lowest BCUT2D eigenvalue weighted by atomic mass is 10.2. The standard InChI is InChI=1S/C16H17FN4O2/c1-11-7-20(8-12(2)23-11)16(22)9-21(10-19)14-3-4-15(17)13(5-14)6-18/h3-5,11-12H,7-9H2,1-2H3. The zero-order valence-electron chi connectivity index (χ0n) is 13.0. The van der Waals surface area contributed by atoms with Gasteiger partial charge < -0.3 is 9.64 Å². The Morgan fingerprint density at radius 2 is 2.04 bits per heavy atom. The van der Waals surface area contributed by atoms with Crippen LogP contribution in [0.15, 0.2) is 18.2 Å². The zero-order valence-corrected chi connectivity index (χ0v) is 13.0. The summed E-state index contributed by atoms with van der Waals surface area (Å²) >= 11 is 0. The molecule has 1 heterocycles. The van der Waals surface area contributed by atoms with Crippen LogP contribution in [0.2, 0.25) is 0 Å². The van der Waals surface area contributed by atoms with Crippen molar-refractivity contribution in [1.82, 2.24) is 4.90 Å². The Balaban J connectivity index is 2.12. The second kappa shape index (κ2) is 7.08. The lowest BCUT2D eigenvalue weighted by molar-refractivity contribution is -0.141. The Morgan fingerprint density at radius 3 is 2.61 bits per heavy atom. The molecule has 0 saturated carbocycles. The molecule has 0 radical (unpaired) electrons. The molecule has 1 aromatic rings. The number of hydrogen-bond acceptors (Lipinski definition) is 5. The predicted molar refractivity (Wildman–Crippen MR) is 80.7 cm³/mol. The van der Waals surface area contributed by atoms with Crippen LogP contribution in [0, 0.1) is 28.6 Å². The molecule has 2 rings (SSSR count). The van der Waals surface area contributed by atoms with Gasteiger partial charge in [0.25, 0.3) is 0 Å². The van der Waals surface area contributed by atoms with Crippen LogP contribution in [-0.4, -0.2) is 42.6 Å². The summed E-state index contributed by atoms with van der Waals surface area (Å²) in [4.78, 5) is 15.2. The number of hydrogen-bond donors (Lipinski definition) is 0. The first-order chi connectivity index (χ1) is 10.9. The molecule has 6 nitrogen and oxygen atoms in total. The molecule has 23 heavy (non-hydrogen) atoms. The van der Waals surface area contributed by atoms with E-state index in [2.05, 4.69) is 0 Å². The summed E-state index contributed by atoms with van der Waals surface area (Å²) < 4.78 is 18.9. The Labute approximate surface area is 134 Å². The summed E-state index contributed by atoms with van der Waals surface area (Å²) in [6, 6.07) is 5.47. The molecule has 0 aliphatic carbocycles. The fourth-order valence-electron chi connectivity index (χ4n) is 2.57.